The minimum atomic E-state index is -1.29. The summed E-state index contributed by atoms with van der Waals surface area (Å²) >= 11 is 0. The highest BCUT2D eigenvalue weighted by molar-refractivity contribution is 6.45. The van der Waals surface area contributed by atoms with Crippen molar-refractivity contribution in [3.05, 3.63) is 77.4 Å². The number of nitrogens with zero attached hydrogens (tertiary/aromatic N) is 3. The lowest BCUT2D eigenvalue weighted by atomic mass is 10.0. The Morgan fingerprint density at radius 3 is 2.26 bits per heavy atom. The van der Waals surface area contributed by atoms with Gasteiger partial charge in [-0.3, -0.25) is 14.4 Å². The predicted molar refractivity (Wildman–Crippen MR) is 135 cm³/mol. The number of fused-ring (bicyclic) bond motifs is 1. The molecule has 2 aromatic heterocycles. The molecule has 0 aliphatic carbocycles. The number of halogens is 1. The van der Waals surface area contributed by atoms with E-state index in [0.717, 1.165) is 6.07 Å². The number of aromatic carboxylic acids is 1. The number of carboxylic acids is 1. The molecule has 1 saturated heterocycles. The molecule has 5 rings (SSSR count). The first-order valence-corrected chi connectivity index (χ1v) is 12.0. The Bertz CT molecular complexity index is 1500. The van der Waals surface area contributed by atoms with Gasteiger partial charge in [0.15, 0.2) is 11.5 Å². The van der Waals surface area contributed by atoms with Gasteiger partial charge in [0.05, 0.1) is 11.1 Å². The zero-order valence-corrected chi connectivity index (χ0v) is 20.7. The molecule has 0 unspecified atom stereocenters. The van der Waals surface area contributed by atoms with Crippen molar-refractivity contribution in [2.24, 2.45) is 0 Å². The molecule has 3 heterocycles. The highest BCUT2D eigenvalue weighted by Gasteiger charge is 2.31. The summed E-state index contributed by atoms with van der Waals surface area (Å²) in [5.74, 6) is -3.82. The first kappa shape index (κ1) is 26.3. The third-order valence-electron chi connectivity index (χ3n) is 6.09. The van der Waals surface area contributed by atoms with Crippen molar-refractivity contribution < 1.29 is 33.2 Å². The van der Waals surface area contributed by atoms with Crippen molar-refractivity contribution in [1.29, 1.82) is 0 Å². The van der Waals surface area contributed by atoms with Gasteiger partial charge in [0.2, 0.25) is 0 Å². The van der Waals surface area contributed by atoms with Crippen LogP contribution in [0.5, 0.6) is 0 Å². The van der Waals surface area contributed by atoms with E-state index in [2.05, 4.69) is 10.1 Å². The maximum atomic E-state index is 14.8. The molecule has 0 saturated carbocycles. The van der Waals surface area contributed by atoms with E-state index >= 15 is 0 Å². The number of amides is 2. The van der Waals surface area contributed by atoms with E-state index in [1.54, 1.807) is 29.2 Å². The number of ketones is 1. The number of Topliss-reactive ketones (excluding diaryl/α,β-unsaturated/α-hetero) is 1. The van der Waals surface area contributed by atoms with Crippen LogP contribution in [0.15, 0.2) is 59.3 Å². The van der Waals surface area contributed by atoms with Gasteiger partial charge >= 0.3 is 5.97 Å². The second-order valence-electron chi connectivity index (χ2n) is 8.21. The Hall–Kier alpha value is -4.80. The molecule has 2 aromatic carbocycles. The van der Waals surface area contributed by atoms with Gasteiger partial charge in [-0.05, 0) is 24.3 Å². The summed E-state index contributed by atoms with van der Waals surface area (Å²) < 4.78 is 19.9. The smallest absolute Gasteiger partial charge is 0.358 e. The molecule has 2 amide bonds. The summed E-state index contributed by atoms with van der Waals surface area (Å²) in [6.45, 7) is 4.84. The number of hydrogen-bond acceptors (Lipinski definition) is 6. The van der Waals surface area contributed by atoms with Gasteiger partial charge in [0, 0.05) is 55.0 Å². The largest absolute Gasteiger partial charge is 0.476 e. The van der Waals surface area contributed by atoms with E-state index in [0.29, 0.717) is 5.56 Å². The van der Waals surface area contributed by atoms with Crippen LogP contribution in [0, 0.1) is 5.82 Å². The van der Waals surface area contributed by atoms with Gasteiger partial charge in [0.25, 0.3) is 17.6 Å². The monoisotopic (exact) mass is 520 g/mol. The van der Waals surface area contributed by atoms with Gasteiger partial charge in [-0.15, -0.1) is 0 Å². The lowest BCUT2D eigenvalue weighted by Crippen LogP contribution is -2.52. The van der Waals surface area contributed by atoms with Crippen LogP contribution in [0.3, 0.4) is 0 Å². The fourth-order valence-corrected chi connectivity index (χ4v) is 4.23. The quantitative estimate of drug-likeness (QED) is 0.301. The minimum absolute atomic E-state index is 0.0591. The standard InChI is InChI=1S/C25H19FN4O6.C2H6/c26-17-7-6-15(19-12-18(25(34)35)28-36-19)21-20(17)16(13-27-21)22(31)24(33)30-10-8-29(9-11-30)23(32)14-4-2-1-3-5-14;1-2/h1-7,12-13,27H,8-11H2,(H,34,35);1-2H3. The van der Waals surface area contributed by atoms with Crippen molar-refractivity contribution in [1.82, 2.24) is 19.9 Å². The van der Waals surface area contributed by atoms with E-state index in [4.69, 9.17) is 9.63 Å². The Morgan fingerprint density at radius 2 is 1.63 bits per heavy atom. The Morgan fingerprint density at radius 1 is 0.974 bits per heavy atom. The number of carbonyl (C=O) groups excluding carboxylic acids is 3. The molecule has 10 nitrogen and oxygen atoms in total. The van der Waals surface area contributed by atoms with Crippen LogP contribution in [-0.2, 0) is 4.79 Å². The number of carboxylic acid groups (broad SMARTS) is 1. The maximum Gasteiger partial charge on any atom is 0.358 e. The molecule has 1 fully saturated rings. The summed E-state index contributed by atoms with van der Waals surface area (Å²) in [4.78, 5) is 55.5. The minimum Gasteiger partial charge on any atom is -0.476 e. The van der Waals surface area contributed by atoms with Crippen LogP contribution in [0.2, 0.25) is 0 Å². The van der Waals surface area contributed by atoms with Crippen LogP contribution < -0.4 is 0 Å². The number of carbonyl (C=O) groups is 4. The Labute approximate surface area is 216 Å². The number of aromatic amines is 1. The molecule has 0 bridgehead atoms. The van der Waals surface area contributed by atoms with Crippen LogP contribution in [0.1, 0.15) is 45.1 Å². The molecule has 0 atom stereocenters. The number of hydrogen-bond donors (Lipinski definition) is 2. The van der Waals surface area contributed by atoms with E-state index in [9.17, 15) is 23.6 Å². The van der Waals surface area contributed by atoms with E-state index in [1.807, 2.05) is 19.9 Å². The maximum absolute atomic E-state index is 14.8. The molecule has 0 spiro atoms. The third-order valence-corrected chi connectivity index (χ3v) is 6.09. The van der Waals surface area contributed by atoms with Crippen molar-refractivity contribution >= 4 is 34.5 Å². The van der Waals surface area contributed by atoms with E-state index in [1.165, 1.54) is 23.2 Å². The van der Waals surface area contributed by atoms with Gasteiger partial charge in [-0.2, -0.15) is 0 Å². The van der Waals surface area contributed by atoms with Crippen LogP contribution in [0.4, 0.5) is 4.39 Å². The zero-order chi connectivity index (χ0) is 27.4. The van der Waals surface area contributed by atoms with E-state index < -0.39 is 23.5 Å². The number of piperazine rings is 1. The molecule has 38 heavy (non-hydrogen) atoms. The highest BCUT2D eigenvalue weighted by atomic mass is 19.1. The zero-order valence-electron chi connectivity index (χ0n) is 20.7. The van der Waals surface area contributed by atoms with Crippen molar-refractivity contribution in [3.63, 3.8) is 0 Å². The van der Waals surface area contributed by atoms with Crippen molar-refractivity contribution in [3.8, 4) is 11.3 Å². The summed E-state index contributed by atoms with van der Waals surface area (Å²) in [7, 11) is 0. The molecule has 2 N–H and O–H groups in total. The molecular formula is C27H25FN4O6. The second-order valence-corrected chi connectivity index (χ2v) is 8.21. The van der Waals surface area contributed by atoms with Crippen molar-refractivity contribution in [2.75, 3.05) is 26.2 Å². The van der Waals surface area contributed by atoms with Crippen LogP contribution in [0.25, 0.3) is 22.2 Å². The van der Waals surface area contributed by atoms with Gasteiger partial charge < -0.3 is 24.4 Å². The summed E-state index contributed by atoms with van der Waals surface area (Å²) in [5, 5.41) is 12.4. The molecule has 11 heteroatoms. The summed E-state index contributed by atoms with van der Waals surface area (Å²) in [5.41, 5.74) is 0.504. The fourth-order valence-electron chi connectivity index (χ4n) is 4.23. The molecule has 196 valence electrons. The van der Waals surface area contributed by atoms with Gasteiger partial charge in [0.1, 0.15) is 5.82 Å². The Balaban J connectivity index is 0.00000164. The summed E-state index contributed by atoms with van der Waals surface area (Å²) in [6.07, 6.45) is 1.24. The average Bonchev–Trinajstić information content (AvgIpc) is 3.63. The molecule has 0 radical (unpaired) electrons. The second kappa shape index (κ2) is 11.1. The fraction of sp³-hybridized carbons (Fsp3) is 0.222. The SMILES string of the molecule is CC.O=C(O)c1cc(-c2ccc(F)c3c(C(=O)C(=O)N4CCN(C(=O)c5ccccc5)CC4)c[nH]c23)on1. The molecule has 1 aliphatic heterocycles. The lowest BCUT2D eigenvalue weighted by Gasteiger charge is -2.34. The van der Waals surface area contributed by atoms with Gasteiger partial charge in [-0.1, -0.05) is 37.2 Å². The lowest BCUT2D eigenvalue weighted by molar-refractivity contribution is -0.127. The number of rotatable bonds is 5. The molecule has 1 aliphatic rings. The topological polar surface area (TPSA) is 137 Å². The number of aromatic nitrogens is 2. The van der Waals surface area contributed by atoms with Crippen molar-refractivity contribution in [2.45, 2.75) is 13.8 Å². The first-order valence-electron chi connectivity index (χ1n) is 12.0. The van der Waals surface area contributed by atoms with Gasteiger partial charge in [-0.25, -0.2) is 9.18 Å². The predicted octanol–water partition coefficient (Wildman–Crippen LogP) is 3.85. The van der Waals surface area contributed by atoms with Crippen LogP contribution >= 0.6 is 0 Å². The number of benzene rings is 2. The number of H-pyrrole nitrogens is 1. The normalized spacial score (nSPS) is 13.1. The highest BCUT2D eigenvalue weighted by Crippen LogP contribution is 2.32. The average molecular weight is 521 g/mol. The number of nitrogens with one attached hydrogen (secondary N) is 1. The Kier molecular flexibility index (Phi) is 7.66. The first-order chi connectivity index (χ1) is 18.3. The van der Waals surface area contributed by atoms with Crippen LogP contribution in [-0.4, -0.2) is 74.8 Å². The molecule has 4 aromatic rings. The van der Waals surface area contributed by atoms with E-state index in [-0.39, 0.29) is 65.6 Å². The third kappa shape index (κ3) is 4.90. The molecular weight excluding hydrogens is 495 g/mol. The summed E-state index contributed by atoms with van der Waals surface area (Å²) in [6, 6.07) is 12.4.